The molecule has 1 amide bonds. The maximum absolute atomic E-state index is 12.4. The zero-order valence-corrected chi connectivity index (χ0v) is 14.1. The molecular weight excluding hydrogens is 298 g/mol. The van der Waals surface area contributed by atoms with Crippen molar-refractivity contribution in [3.05, 3.63) is 41.4 Å². The SMILES string of the molecule is Cc1cc(CSc2ncccc2C(=O)NC(C)C(C)C)no1. The van der Waals surface area contributed by atoms with Crippen molar-refractivity contribution in [1.29, 1.82) is 0 Å². The number of hydrogen-bond donors (Lipinski definition) is 1. The molecule has 0 bridgehead atoms. The Morgan fingerprint density at radius 3 is 2.82 bits per heavy atom. The molecule has 1 atom stereocenters. The summed E-state index contributed by atoms with van der Waals surface area (Å²) in [5, 5.41) is 7.67. The Bertz CT molecular complexity index is 640. The minimum absolute atomic E-state index is 0.0897. The van der Waals surface area contributed by atoms with E-state index < -0.39 is 0 Å². The van der Waals surface area contributed by atoms with Crippen LogP contribution in [0.1, 0.15) is 42.6 Å². The van der Waals surface area contributed by atoms with Crippen LogP contribution in [0.2, 0.25) is 0 Å². The highest BCUT2D eigenvalue weighted by Crippen LogP contribution is 2.24. The summed E-state index contributed by atoms with van der Waals surface area (Å²) < 4.78 is 5.05. The number of carbonyl (C=O) groups excluding carboxylic acids is 1. The average molecular weight is 319 g/mol. The number of pyridine rings is 1. The summed E-state index contributed by atoms with van der Waals surface area (Å²) in [4.78, 5) is 16.7. The lowest BCUT2D eigenvalue weighted by Gasteiger charge is -2.18. The highest BCUT2D eigenvalue weighted by molar-refractivity contribution is 7.98. The first kappa shape index (κ1) is 16.5. The Labute approximate surface area is 134 Å². The molecule has 0 radical (unpaired) electrons. The van der Waals surface area contributed by atoms with Crippen LogP contribution in [0.4, 0.5) is 0 Å². The van der Waals surface area contributed by atoms with E-state index in [0.717, 1.165) is 11.5 Å². The summed E-state index contributed by atoms with van der Waals surface area (Å²) in [5.41, 5.74) is 1.44. The molecule has 0 saturated heterocycles. The van der Waals surface area contributed by atoms with E-state index in [9.17, 15) is 4.79 Å². The van der Waals surface area contributed by atoms with E-state index >= 15 is 0 Å². The topological polar surface area (TPSA) is 68.0 Å². The molecule has 0 aromatic carbocycles. The predicted molar refractivity (Wildman–Crippen MR) is 86.8 cm³/mol. The lowest BCUT2D eigenvalue weighted by Crippen LogP contribution is -2.36. The normalized spacial score (nSPS) is 12.4. The van der Waals surface area contributed by atoms with Crippen LogP contribution >= 0.6 is 11.8 Å². The van der Waals surface area contributed by atoms with Crippen molar-refractivity contribution in [3.63, 3.8) is 0 Å². The van der Waals surface area contributed by atoms with Gasteiger partial charge < -0.3 is 9.84 Å². The first-order valence-corrected chi connectivity index (χ1v) is 8.26. The van der Waals surface area contributed by atoms with Gasteiger partial charge in [-0.25, -0.2) is 4.98 Å². The molecule has 118 valence electrons. The monoisotopic (exact) mass is 319 g/mol. The minimum Gasteiger partial charge on any atom is -0.361 e. The average Bonchev–Trinajstić information content (AvgIpc) is 2.90. The minimum atomic E-state index is -0.0897. The molecule has 0 aliphatic rings. The van der Waals surface area contributed by atoms with Crippen LogP contribution in [-0.2, 0) is 5.75 Å². The van der Waals surface area contributed by atoms with Crippen LogP contribution in [0.3, 0.4) is 0 Å². The van der Waals surface area contributed by atoms with Crippen LogP contribution in [0.15, 0.2) is 33.9 Å². The Balaban J connectivity index is 2.07. The van der Waals surface area contributed by atoms with Gasteiger partial charge in [-0.1, -0.05) is 30.8 Å². The van der Waals surface area contributed by atoms with Gasteiger partial charge in [0, 0.05) is 24.1 Å². The number of nitrogens with zero attached hydrogens (tertiary/aromatic N) is 2. The van der Waals surface area contributed by atoms with E-state index in [-0.39, 0.29) is 11.9 Å². The number of carbonyl (C=O) groups is 1. The molecule has 2 aromatic rings. The van der Waals surface area contributed by atoms with E-state index in [4.69, 9.17) is 4.52 Å². The largest absolute Gasteiger partial charge is 0.361 e. The third kappa shape index (κ3) is 4.34. The molecule has 22 heavy (non-hydrogen) atoms. The Morgan fingerprint density at radius 2 is 2.18 bits per heavy atom. The van der Waals surface area contributed by atoms with Crippen molar-refractivity contribution in [2.75, 3.05) is 0 Å². The fourth-order valence-corrected chi connectivity index (χ4v) is 2.63. The number of hydrogen-bond acceptors (Lipinski definition) is 5. The third-order valence-corrected chi connectivity index (χ3v) is 4.45. The number of aromatic nitrogens is 2. The van der Waals surface area contributed by atoms with Gasteiger partial charge in [0.2, 0.25) is 0 Å². The molecule has 0 fully saturated rings. The van der Waals surface area contributed by atoms with Crippen molar-refractivity contribution in [2.45, 2.75) is 44.5 Å². The Hall–Kier alpha value is -1.82. The maximum atomic E-state index is 12.4. The van der Waals surface area contributed by atoms with Crippen molar-refractivity contribution >= 4 is 17.7 Å². The zero-order valence-electron chi connectivity index (χ0n) is 13.3. The number of rotatable bonds is 6. The number of aryl methyl sites for hydroxylation is 1. The summed E-state index contributed by atoms with van der Waals surface area (Å²) in [6, 6.07) is 5.57. The standard InChI is InChI=1S/C16H21N3O2S/c1-10(2)12(4)18-15(20)14-6-5-7-17-16(14)22-9-13-8-11(3)21-19-13/h5-8,10,12H,9H2,1-4H3,(H,18,20). The third-order valence-electron chi connectivity index (χ3n) is 3.41. The molecule has 5 nitrogen and oxygen atoms in total. The van der Waals surface area contributed by atoms with Crippen molar-refractivity contribution in [1.82, 2.24) is 15.5 Å². The van der Waals surface area contributed by atoms with E-state index in [2.05, 4.69) is 29.3 Å². The molecule has 2 rings (SSSR count). The maximum Gasteiger partial charge on any atom is 0.254 e. The van der Waals surface area contributed by atoms with Gasteiger partial charge in [0.1, 0.15) is 10.8 Å². The molecule has 1 N–H and O–H groups in total. The molecule has 6 heteroatoms. The van der Waals surface area contributed by atoms with E-state index in [0.29, 0.717) is 22.3 Å². The van der Waals surface area contributed by atoms with Crippen molar-refractivity contribution in [2.24, 2.45) is 5.92 Å². The van der Waals surface area contributed by atoms with E-state index in [1.807, 2.05) is 19.9 Å². The zero-order chi connectivity index (χ0) is 16.1. The molecular formula is C16H21N3O2S. The summed E-state index contributed by atoms with van der Waals surface area (Å²) >= 11 is 1.48. The first-order valence-electron chi connectivity index (χ1n) is 7.28. The van der Waals surface area contributed by atoms with Gasteiger partial charge in [-0.15, -0.1) is 0 Å². The summed E-state index contributed by atoms with van der Waals surface area (Å²) in [5.74, 6) is 1.69. The lowest BCUT2D eigenvalue weighted by atomic mass is 10.1. The number of thioether (sulfide) groups is 1. The number of nitrogens with one attached hydrogen (secondary N) is 1. The van der Waals surface area contributed by atoms with Gasteiger partial charge in [-0.2, -0.15) is 0 Å². The Morgan fingerprint density at radius 1 is 1.41 bits per heavy atom. The van der Waals surface area contributed by atoms with Gasteiger partial charge in [0.25, 0.3) is 5.91 Å². The predicted octanol–water partition coefficient (Wildman–Crippen LogP) is 3.44. The summed E-state index contributed by atoms with van der Waals surface area (Å²) in [7, 11) is 0. The van der Waals surface area contributed by atoms with Crippen LogP contribution in [0.25, 0.3) is 0 Å². The molecule has 1 unspecified atom stereocenters. The van der Waals surface area contributed by atoms with Crippen molar-refractivity contribution < 1.29 is 9.32 Å². The Kier molecular flexibility index (Phi) is 5.60. The van der Waals surface area contributed by atoms with Crippen LogP contribution in [-0.4, -0.2) is 22.1 Å². The molecule has 2 heterocycles. The number of amides is 1. The van der Waals surface area contributed by atoms with E-state index in [1.54, 1.807) is 18.3 Å². The highest BCUT2D eigenvalue weighted by atomic mass is 32.2. The molecule has 0 aliphatic carbocycles. The fourth-order valence-electron chi connectivity index (χ4n) is 1.76. The lowest BCUT2D eigenvalue weighted by molar-refractivity contribution is 0.0927. The van der Waals surface area contributed by atoms with Gasteiger partial charge in [0.15, 0.2) is 0 Å². The van der Waals surface area contributed by atoms with Crippen LogP contribution < -0.4 is 5.32 Å². The summed E-state index contributed by atoms with van der Waals surface area (Å²) in [6.07, 6.45) is 1.69. The van der Waals surface area contributed by atoms with Gasteiger partial charge >= 0.3 is 0 Å². The van der Waals surface area contributed by atoms with Crippen LogP contribution in [0, 0.1) is 12.8 Å². The van der Waals surface area contributed by atoms with Gasteiger partial charge in [-0.05, 0) is 31.9 Å². The first-order chi connectivity index (χ1) is 10.5. The second kappa shape index (κ2) is 7.45. The summed E-state index contributed by atoms with van der Waals surface area (Å²) in [6.45, 7) is 8.02. The molecule has 0 spiro atoms. The molecule has 2 aromatic heterocycles. The second-order valence-electron chi connectivity index (χ2n) is 5.58. The highest BCUT2D eigenvalue weighted by Gasteiger charge is 2.17. The quantitative estimate of drug-likeness (QED) is 0.826. The van der Waals surface area contributed by atoms with Crippen LogP contribution in [0.5, 0.6) is 0 Å². The van der Waals surface area contributed by atoms with Gasteiger partial charge in [-0.3, -0.25) is 4.79 Å². The van der Waals surface area contributed by atoms with Crippen molar-refractivity contribution in [3.8, 4) is 0 Å². The van der Waals surface area contributed by atoms with E-state index in [1.165, 1.54) is 11.8 Å². The smallest absolute Gasteiger partial charge is 0.254 e. The second-order valence-corrected chi connectivity index (χ2v) is 6.54. The molecule has 0 aliphatic heterocycles. The molecule has 0 saturated carbocycles. The van der Waals surface area contributed by atoms with Gasteiger partial charge in [0.05, 0.1) is 11.3 Å². The fraction of sp³-hybridized carbons (Fsp3) is 0.438.